The largest absolute Gasteiger partial charge is 0.394 e. The van der Waals surface area contributed by atoms with E-state index in [1.54, 1.807) is 11.8 Å². The van der Waals surface area contributed by atoms with Crippen molar-refractivity contribution < 1.29 is 10.2 Å². The van der Waals surface area contributed by atoms with Crippen LogP contribution in [0.1, 0.15) is 12.8 Å². The average Bonchev–Trinajstić information content (AvgIpc) is 2.87. The third-order valence-electron chi connectivity index (χ3n) is 1.78. The lowest BCUT2D eigenvalue weighted by Gasteiger charge is -2.06. The molecular weight excluding hydrogens is 174 g/mol. The summed E-state index contributed by atoms with van der Waals surface area (Å²) in [6.45, 7) is 0.899. The van der Waals surface area contributed by atoms with Crippen molar-refractivity contribution in [3.63, 3.8) is 0 Å². The topological polar surface area (TPSA) is 52.5 Å². The molecule has 0 aromatic rings. The third-order valence-corrected chi connectivity index (χ3v) is 2.89. The van der Waals surface area contributed by atoms with Crippen molar-refractivity contribution in [2.75, 3.05) is 24.7 Å². The first-order valence-electron chi connectivity index (χ1n) is 4.43. The van der Waals surface area contributed by atoms with Crippen molar-refractivity contribution in [1.82, 2.24) is 5.32 Å². The van der Waals surface area contributed by atoms with Gasteiger partial charge in [0.25, 0.3) is 0 Å². The first-order chi connectivity index (χ1) is 5.83. The number of nitrogens with one attached hydrogen (secondary N) is 1. The van der Waals surface area contributed by atoms with Gasteiger partial charge in [-0.15, -0.1) is 0 Å². The zero-order chi connectivity index (χ0) is 8.81. The minimum atomic E-state index is -0.545. The molecule has 3 N–H and O–H groups in total. The molecule has 0 aliphatic heterocycles. The number of aliphatic hydroxyl groups excluding tert-OH is 2. The molecule has 0 radical (unpaired) electrons. The molecule has 0 bridgehead atoms. The van der Waals surface area contributed by atoms with Gasteiger partial charge in [0.1, 0.15) is 0 Å². The average molecular weight is 191 g/mol. The van der Waals surface area contributed by atoms with Crippen molar-refractivity contribution in [2.24, 2.45) is 0 Å². The van der Waals surface area contributed by atoms with Gasteiger partial charge < -0.3 is 15.5 Å². The van der Waals surface area contributed by atoms with E-state index in [0.29, 0.717) is 5.75 Å². The highest BCUT2D eigenvalue weighted by Crippen LogP contribution is 2.18. The van der Waals surface area contributed by atoms with E-state index in [-0.39, 0.29) is 6.61 Å². The number of rotatable bonds is 7. The van der Waals surface area contributed by atoms with Crippen LogP contribution in [0.3, 0.4) is 0 Å². The Morgan fingerprint density at radius 3 is 2.83 bits per heavy atom. The molecule has 1 rings (SSSR count). The van der Waals surface area contributed by atoms with Gasteiger partial charge in [-0.1, -0.05) is 0 Å². The first-order valence-corrected chi connectivity index (χ1v) is 5.58. The third kappa shape index (κ3) is 4.98. The molecule has 1 unspecified atom stereocenters. The first kappa shape index (κ1) is 10.3. The SMILES string of the molecule is OCC(O)CSCCNC1CC1. The van der Waals surface area contributed by atoms with Crippen LogP contribution in [0.15, 0.2) is 0 Å². The Balaban J connectivity index is 1.75. The standard InChI is InChI=1S/C8H17NO2S/c10-5-8(11)6-12-4-3-9-7-1-2-7/h7-11H,1-6H2. The Labute approximate surface area is 77.5 Å². The van der Waals surface area contributed by atoms with E-state index in [1.807, 2.05) is 0 Å². The van der Waals surface area contributed by atoms with Crippen LogP contribution in [0.5, 0.6) is 0 Å². The number of hydrogen-bond donors (Lipinski definition) is 3. The monoisotopic (exact) mass is 191 g/mol. The summed E-state index contributed by atoms with van der Waals surface area (Å²) in [5, 5.41) is 20.9. The summed E-state index contributed by atoms with van der Waals surface area (Å²) >= 11 is 1.68. The van der Waals surface area contributed by atoms with Gasteiger partial charge in [0.15, 0.2) is 0 Å². The van der Waals surface area contributed by atoms with E-state index >= 15 is 0 Å². The Morgan fingerprint density at radius 1 is 1.50 bits per heavy atom. The summed E-state index contributed by atoms with van der Waals surface area (Å²) in [5.41, 5.74) is 0. The zero-order valence-electron chi connectivity index (χ0n) is 7.20. The number of hydrogen-bond acceptors (Lipinski definition) is 4. The lowest BCUT2D eigenvalue weighted by Crippen LogP contribution is -2.21. The number of aliphatic hydroxyl groups is 2. The Morgan fingerprint density at radius 2 is 2.25 bits per heavy atom. The van der Waals surface area contributed by atoms with Crippen LogP contribution in [-0.2, 0) is 0 Å². The van der Waals surface area contributed by atoms with Gasteiger partial charge in [-0.3, -0.25) is 0 Å². The lowest BCUT2D eigenvalue weighted by atomic mass is 10.4. The summed E-state index contributed by atoms with van der Waals surface area (Å²) in [6.07, 6.45) is 2.10. The molecule has 1 saturated carbocycles. The second-order valence-corrected chi connectivity index (χ2v) is 4.29. The van der Waals surface area contributed by atoms with Gasteiger partial charge in [-0.05, 0) is 12.8 Å². The fraction of sp³-hybridized carbons (Fsp3) is 1.00. The van der Waals surface area contributed by atoms with E-state index in [2.05, 4.69) is 5.32 Å². The Bertz CT molecular complexity index is 120. The van der Waals surface area contributed by atoms with Gasteiger partial charge in [-0.2, -0.15) is 11.8 Å². The summed E-state index contributed by atoms with van der Waals surface area (Å²) in [5.74, 6) is 1.66. The molecule has 12 heavy (non-hydrogen) atoms. The van der Waals surface area contributed by atoms with Crippen molar-refractivity contribution >= 4 is 11.8 Å². The van der Waals surface area contributed by atoms with E-state index in [9.17, 15) is 0 Å². The predicted molar refractivity (Wildman–Crippen MR) is 51.4 cm³/mol. The molecule has 0 aromatic carbocycles. The smallest absolute Gasteiger partial charge is 0.0861 e. The van der Waals surface area contributed by atoms with Gasteiger partial charge >= 0.3 is 0 Å². The maximum absolute atomic E-state index is 8.99. The van der Waals surface area contributed by atoms with Crippen LogP contribution in [0.25, 0.3) is 0 Å². The molecule has 1 aliphatic rings. The van der Waals surface area contributed by atoms with Crippen molar-refractivity contribution in [1.29, 1.82) is 0 Å². The van der Waals surface area contributed by atoms with Crippen LogP contribution in [0.2, 0.25) is 0 Å². The quantitative estimate of drug-likeness (QED) is 0.489. The maximum Gasteiger partial charge on any atom is 0.0861 e. The molecule has 0 heterocycles. The van der Waals surface area contributed by atoms with Crippen LogP contribution in [0.4, 0.5) is 0 Å². The Kier molecular flexibility index (Phi) is 4.99. The van der Waals surface area contributed by atoms with Crippen LogP contribution >= 0.6 is 11.8 Å². The minimum absolute atomic E-state index is 0.122. The highest BCUT2D eigenvalue weighted by Gasteiger charge is 2.19. The number of thioether (sulfide) groups is 1. The fourth-order valence-electron chi connectivity index (χ4n) is 0.895. The van der Waals surface area contributed by atoms with Gasteiger partial charge in [0.05, 0.1) is 12.7 Å². The van der Waals surface area contributed by atoms with E-state index in [4.69, 9.17) is 10.2 Å². The summed E-state index contributed by atoms with van der Waals surface area (Å²) in [6, 6.07) is 0.772. The molecule has 1 aliphatic carbocycles. The molecule has 3 nitrogen and oxygen atoms in total. The summed E-state index contributed by atoms with van der Waals surface area (Å²) in [7, 11) is 0. The van der Waals surface area contributed by atoms with Gasteiger partial charge in [0, 0.05) is 24.1 Å². The highest BCUT2D eigenvalue weighted by atomic mass is 32.2. The molecule has 1 fully saturated rings. The van der Waals surface area contributed by atoms with Crippen molar-refractivity contribution in [3.8, 4) is 0 Å². The van der Waals surface area contributed by atoms with Gasteiger partial charge in [0.2, 0.25) is 0 Å². The molecule has 1 atom stereocenters. The van der Waals surface area contributed by atoms with Crippen molar-refractivity contribution in [3.05, 3.63) is 0 Å². The van der Waals surface area contributed by atoms with Crippen LogP contribution in [-0.4, -0.2) is 47.0 Å². The second kappa shape index (κ2) is 5.80. The second-order valence-electron chi connectivity index (χ2n) is 3.14. The minimum Gasteiger partial charge on any atom is -0.394 e. The summed E-state index contributed by atoms with van der Waals surface area (Å²) < 4.78 is 0. The van der Waals surface area contributed by atoms with E-state index in [0.717, 1.165) is 18.3 Å². The molecular formula is C8H17NO2S. The maximum atomic E-state index is 8.99. The molecule has 4 heteroatoms. The predicted octanol–water partition coefficient (Wildman–Crippen LogP) is -0.175. The van der Waals surface area contributed by atoms with Gasteiger partial charge in [-0.25, -0.2) is 0 Å². The summed E-state index contributed by atoms with van der Waals surface area (Å²) in [4.78, 5) is 0. The molecule has 72 valence electrons. The van der Waals surface area contributed by atoms with E-state index < -0.39 is 6.10 Å². The zero-order valence-corrected chi connectivity index (χ0v) is 8.02. The molecule has 0 saturated heterocycles. The molecule has 0 spiro atoms. The highest BCUT2D eigenvalue weighted by molar-refractivity contribution is 7.99. The molecule has 0 aromatic heterocycles. The van der Waals surface area contributed by atoms with Crippen molar-refractivity contribution in [2.45, 2.75) is 25.0 Å². The normalized spacial score (nSPS) is 19.5. The molecule has 0 amide bonds. The fourth-order valence-corrected chi connectivity index (χ4v) is 1.70. The van der Waals surface area contributed by atoms with Crippen LogP contribution in [0, 0.1) is 0 Å². The van der Waals surface area contributed by atoms with E-state index in [1.165, 1.54) is 12.8 Å². The lowest BCUT2D eigenvalue weighted by molar-refractivity contribution is 0.113. The Hall–Kier alpha value is 0.230. The van der Waals surface area contributed by atoms with Crippen LogP contribution < -0.4 is 5.32 Å².